The van der Waals surface area contributed by atoms with Crippen LogP contribution >= 0.6 is 0 Å². The van der Waals surface area contributed by atoms with E-state index in [4.69, 9.17) is 0 Å². The summed E-state index contributed by atoms with van der Waals surface area (Å²) >= 11 is 0. The van der Waals surface area contributed by atoms with Crippen LogP contribution in [0.4, 0.5) is 13.2 Å². The van der Waals surface area contributed by atoms with Gasteiger partial charge in [-0.25, -0.2) is 0 Å². The molecule has 2 rings (SSSR count). The normalized spacial score (nSPS) is 14.0. The molecule has 0 aliphatic rings. The summed E-state index contributed by atoms with van der Waals surface area (Å²) in [5.41, 5.74) is -1.43. The summed E-state index contributed by atoms with van der Waals surface area (Å²) in [5, 5.41) is 10.2. The van der Waals surface area contributed by atoms with E-state index in [2.05, 4.69) is 16.8 Å². The summed E-state index contributed by atoms with van der Waals surface area (Å²) in [7, 11) is 0. The smallest absolute Gasteiger partial charge is 0.372 e. The number of pyridine rings is 1. The highest BCUT2D eigenvalue weighted by Crippen LogP contribution is 2.29. The van der Waals surface area contributed by atoms with Gasteiger partial charge in [-0.15, -0.1) is 0 Å². The first-order valence-corrected chi connectivity index (χ1v) is 6.13. The van der Waals surface area contributed by atoms with Gasteiger partial charge in [-0.1, -0.05) is 17.9 Å². The Labute approximate surface area is 120 Å². The minimum Gasteiger partial charge on any atom is -0.372 e. The van der Waals surface area contributed by atoms with Crippen LogP contribution in [-0.2, 0) is 11.8 Å². The maximum Gasteiger partial charge on any atom is 0.416 e. The fourth-order valence-electron chi connectivity index (χ4n) is 1.65. The number of nitrogens with zero attached hydrogens (tertiary/aromatic N) is 1. The maximum atomic E-state index is 12.4. The molecule has 0 unspecified atom stereocenters. The third-order valence-corrected chi connectivity index (χ3v) is 2.83. The van der Waals surface area contributed by atoms with Crippen molar-refractivity contribution in [2.75, 3.05) is 0 Å². The van der Waals surface area contributed by atoms with Gasteiger partial charge in [-0.2, -0.15) is 13.2 Å². The predicted octanol–water partition coefficient (Wildman–Crippen LogP) is 3.36. The zero-order valence-electron chi connectivity index (χ0n) is 11.1. The summed E-state index contributed by atoms with van der Waals surface area (Å²) in [6.45, 7) is 1.48. The fourth-order valence-corrected chi connectivity index (χ4v) is 1.65. The van der Waals surface area contributed by atoms with Gasteiger partial charge in [0.05, 0.1) is 11.3 Å². The van der Waals surface area contributed by atoms with Gasteiger partial charge < -0.3 is 5.11 Å². The van der Waals surface area contributed by atoms with Crippen LogP contribution < -0.4 is 0 Å². The van der Waals surface area contributed by atoms with Gasteiger partial charge in [-0.05, 0) is 43.3 Å². The summed E-state index contributed by atoms with van der Waals surface area (Å²) < 4.78 is 37.3. The molecular formula is C16H12F3NO. The lowest BCUT2D eigenvalue weighted by molar-refractivity contribution is -0.137. The van der Waals surface area contributed by atoms with Gasteiger partial charge >= 0.3 is 6.18 Å². The molecule has 1 atom stereocenters. The Hall–Kier alpha value is -2.32. The summed E-state index contributed by atoms with van der Waals surface area (Å²) in [5.74, 6) is 5.27. The van der Waals surface area contributed by atoms with Crippen LogP contribution in [0.5, 0.6) is 0 Å². The lowest BCUT2D eigenvalue weighted by Gasteiger charge is -2.14. The number of benzene rings is 1. The molecule has 0 aliphatic carbocycles. The third kappa shape index (κ3) is 3.83. The van der Waals surface area contributed by atoms with Crippen LogP contribution in [0.15, 0.2) is 48.7 Å². The van der Waals surface area contributed by atoms with Gasteiger partial charge in [0.15, 0.2) is 5.60 Å². The number of hydrogen-bond donors (Lipinski definition) is 1. The Bertz CT molecular complexity index is 665. The molecule has 2 aromatic rings. The van der Waals surface area contributed by atoms with E-state index in [1.807, 2.05) is 0 Å². The summed E-state index contributed by atoms with van der Waals surface area (Å²) in [6, 6.07) is 9.51. The maximum absolute atomic E-state index is 12.4. The highest BCUT2D eigenvalue weighted by Gasteiger charge is 2.29. The third-order valence-electron chi connectivity index (χ3n) is 2.83. The van der Waals surface area contributed by atoms with E-state index < -0.39 is 17.3 Å². The first-order chi connectivity index (χ1) is 9.79. The summed E-state index contributed by atoms with van der Waals surface area (Å²) in [4.78, 5) is 4.01. The SMILES string of the molecule is C[C@](O)(C#Cc1ccc(C(F)(F)F)cc1)c1ccccn1. The molecule has 21 heavy (non-hydrogen) atoms. The highest BCUT2D eigenvalue weighted by atomic mass is 19.4. The molecule has 1 heterocycles. The molecule has 5 heteroatoms. The molecule has 1 aromatic carbocycles. The number of alkyl halides is 3. The average Bonchev–Trinajstić information content (AvgIpc) is 2.46. The summed E-state index contributed by atoms with van der Waals surface area (Å²) in [6.07, 6.45) is -2.84. The first-order valence-electron chi connectivity index (χ1n) is 6.13. The molecule has 0 bridgehead atoms. The van der Waals surface area contributed by atoms with Crippen LogP contribution in [-0.4, -0.2) is 10.1 Å². The van der Waals surface area contributed by atoms with Crippen molar-refractivity contribution in [3.8, 4) is 11.8 Å². The Morgan fingerprint density at radius 2 is 1.71 bits per heavy atom. The molecule has 0 fully saturated rings. The average molecular weight is 291 g/mol. The van der Waals surface area contributed by atoms with Crippen LogP contribution in [0, 0.1) is 11.8 Å². The van der Waals surface area contributed by atoms with Crippen molar-refractivity contribution in [3.05, 3.63) is 65.5 Å². The van der Waals surface area contributed by atoms with E-state index in [9.17, 15) is 18.3 Å². The highest BCUT2D eigenvalue weighted by molar-refractivity contribution is 5.39. The van der Waals surface area contributed by atoms with E-state index in [0.29, 0.717) is 11.3 Å². The van der Waals surface area contributed by atoms with Crippen LogP contribution in [0.3, 0.4) is 0 Å². The zero-order chi connectivity index (χ0) is 15.5. The number of halogens is 3. The standard InChI is InChI=1S/C16H12F3NO/c1-15(21,14-4-2-3-11-20-14)10-9-12-5-7-13(8-6-12)16(17,18)19/h2-8,11,21H,1H3/t15-/m0/s1. The molecule has 108 valence electrons. The fraction of sp³-hybridized carbons (Fsp3) is 0.188. The molecule has 0 spiro atoms. The van der Waals surface area contributed by atoms with Crippen molar-refractivity contribution in [3.63, 3.8) is 0 Å². The molecule has 0 aliphatic heterocycles. The van der Waals surface area contributed by atoms with Gasteiger partial charge in [0.1, 0.15) is 0 Å². The van der Waals surface area contributed by atoms with E-state index in [-0.39, 0.29) is 0 Å². The van der Waals surface area contributed by atoms with Crippen molar-refractivity contribution >= 4 is 0 Å². The quantitative estimate of drug-likeness (QED) is 0.817. The van der Waals surface area contributed by atoms with Crippen LogP contribution in [0.25, 0.3) is 0 Å². The van der Waals surface area contributed by atoms with Gasteiger partial charge in [0.2, 0.25) is 0 Å². The molecule has 1 aromatic heterocycles. The molecule has 0 amide bonds. The largest absolute Gasteiger partial charge is 0.416 e. The minimum atomic E-state index is -4.37. The second kappa shape index (κ2) is 5.58. The molecular weight excluding hydrogens is 279 g/mol. The molecule has 0 saturated carbocycles. The second-order valence-electron chi connectivity index (χ2n) is 4.61. The number of aromatic nitrogens is 1. The lowest BCUT2D eigenvalue weighted by atomic mass is 10.0. The van der Waals surface area contributed by atoms with Crippen LogP contribution in [0.1, 0.15) is 23.7 Å². The van der Waals surface area contributed by atoms with Crippen molar-refractivity contribution in [2.45, 2.75) is 18.7 Å². The topological polar surface area (TPSA) is 33.1 Å². The molecule has 0 saturated heterocycles. The van der Waals surface area contributed by atoms with Gasteiger partial charge in [0.25, 0.3) is 0 Å². The van der Waals surface area contributed by atoms with Crippen molar-refractivity contribution in [1.29, 1.82) is 0 Å². The Kier molecular flexibility index (Phi) is 4.01. The minimum absolute atomic E-state index is 0.379. The number of aliphatic hydroxyl groups is 1. The monoisotopic (exact) mass is 291 g/mol. The van der Waals surface area contributed by atoms with Crippen molar-refractivity contribution in [1.82, 2.24) is 4.98 Å². The van der Waals surface area contributed by atoms with E-state index in [1.54, 1.807) is 18.2 Å². The molecule has 0 radical (unpaired) electrons. The molecule has 1 N–H and O–H groups in total. The zero-order valence-corrected chi connectivity index (χ0v) is 11.1. The molecule has 2 nitrogen and oxygen atoms in total. The lowest BCUT2D eigenvalue weighted by Crippen LogP contribution is -2.19. The number of rotatable bonds is 1. The second-order valence-corrected chi connectivity index (χ2v) is 4.61. The van der Waals surface area contributed by atoms with Crippen molar-refractivity contribution < 1.29 is 18.3 Å². The van der Waals surface area contributed by atoms with E-state index in [1.165, 1.54) is 25.3 Å². The predicted molar refractivity (Wildman–Crippen MR) is 72.1 cm³/mol. The van der Waals surface area contributed by atoms with Crippen molar-refractivity contribution in [2.24, 2.45) is 0 Å². The Morgan fingerprint density at radius 1 is 1.05 bits per heavy atom. The van der Waals surface area contributed by atoms with E-state index in [0.717, 1.165) is 12.1 Å². The van der Waals surface area contributed by atoms with Gasteiger partial charge in [0, 0.05) is 11.8 Å². The Balaban J connectivity index is 2.23. The van der Waals surface area contributed by atoms with Gasteiger partial charge in [-0.3, -0.25) is 4.98 Å². The number of hydrogen-bond acceptors (Lipinski definition) is 2. The van der Waals surface area contributed by atoms with Crippen LogP contribution in [0.2, 0.25) is 0 Å². The van der Waals surface area contributed by atoms with E-state index >= 15 is 0 Å². The Morgan fingerprint density at radius 3 is 2.24 bits per heavy atom. The first kappa shape index (κ1) is 15.1.